The van der Waals surface area contributed by atoms with Crippen LogP contribution in [0.4, 0.5) is 26.3 Å². The van der Waals surface area contributed by atoms with E-state index in [1.165, 1.54) is 24.1 Å². The molecule has 0 atom stereocenters. The first-order valence-corrected chi connectivity index (χ1v) is 13.2. The lowest BCUT2D eigenvalue weighted by atomic mass is 9.83. The number of pyridine rings is 1. The summed E-state index contributed by atoms with van der Waals surface area (Å²) in [4.78, 5) is 29.5. The molecule has 0 unspecified atom stereocenters. The van der Waals surface area contributed by atoms with Crippen LogP contribution in [0, 0.1) is 5.92 Å². The number of aromatic nitrogens is 3. The van der Waals surface area contributed by atoms with Gasteiger partial charge in [-0.15, -0.1) is 0 Å². The Balaban J connectivity index is 0.000000254. The Bertz CT molecular complexity index is 1390. The third-order valence-electron chi connectivity index (χ3n) is 7.15. The predicted octanol–water partition coefficient (Wildman–Crippen LogP) is 5.51. The van der Waals surface area contributed by atoms with Gasteiger partial charge in [0, 0.05) is 57.0 Å². The predicted molar refractivity (Wildman–Crippen MR) is 139 cm³/mol. The molecule has 2 fully saturated rings. The molecule has 1 aliphatic carbocycles. The second-order valence-corrected chi connectivity index (χ2v) is 10.4. The third-order valence-corrected chi connectivity index (χ3v) is 7.15. The first-order valence-electron chi connectivity index (χ1n) is 13.2. The van der Waals surface area contributed by atoms with Crippen LogP contribution in [0.5, 0.6) is 5.75 Å². The highest BCUT2D eigenvalue weighted by Crippen LogP contribution is 2.49. The molecule has 0 amide bonds. The molecule has 1 saturated carbocycles. The number of carboxylic acid groups (broad SMARTS) is 2. The largest absolute Gasteiger partial charge is 0.490 e. The molecule has 0 radical (unpaired) electrons. The SMILES string of the molecule is O=C(O)C(F)(F)F.O=C(O)C(F)(F)F.c1cncc(CN2CCC3(CC2)Oc2ccccc2-c2ncn(CC4CC4)c23)c1. The van der Waals surface area contributed by atoms with Gasteiger partial charge in [0.25, 0.3) is 0 Å². The van der Waals surface area contributed by atoms with Crippen molar-refractivity contribution in [3.8, 4) is 17.0 Å². The lowest BCUT2D eigenvalue weighted by molar-refractivity contribution is -0.193. The number of hydrogen-bond donors (Lipinski definition) is 2. The molecular weight excluding hydrogens is 586 g/mol. The van der Waals surface area contributed by atoms with Crippen molar-refractivity contribution in [2.24, 2.45) is 5.92 Å². The minimum Gasteiger partial charge on any atom is -0.480 e. The van der Waals surface area contributed by atoms with E-state index >= 15 is 0 Å². The molecular formula is C28H28F6N4O5. The summed E-state index contributed by atoms with van der Waals surface area (Å²) >= 11 is 0. The van der Waals surface area contributed by atoms with Crippen molar-refractivity contribution in [1.29, 1.82) is 0 Å². The van der Waals surface area contributed by atoms with Crippen LogP contribution in [0.15, 0.2) is 55.1 Å². The Kier molecular flexibility index (Phi) is 9.32. The number of carbonyl (C=O) groups is 2. The summed E-state index contributed by atoms with van der Waals surface area (Å²) in [5.74, 6) is -3.72. The van der Waals surface area contributed by atoms with E-state index in [2.05, 4.69) is 51.1 Å². The number of rotatable bonds is 4. The fourth-order valence-electron chi connectivity index (χ4n) is 4.95. The molecule has 3 aliphatic rings. The number of benzene rings is 1. The van der Waals surface area contributed by atoms with Gasteiger partial charge in [0.2, 0.25) is 0 Å². The van der Waals surface area contributed by atoms with E-state index in [-0.39, 0.29) is 5.60 Å². The first-order chi connectivity index (χ1) is 20.2. The number of para-hydroxylation sites is 1. The van der Waals surface area contributed by atoms with Gasteiger partial charge in [-0.05, 0) is 42.5 Å². The molecule has 2 N–H and O–H groups in total. The number of ether oxygens (including phenoxy) is 1. The molecule has 6 rings (SSSR count). The van der Waals surface area contributed by atoms with Crippen LogP contribution in [0.1, 0.15) is 36.9 Å². The van der Waals surface area contributed by atoms with Crippen molar-refractivity contribution in [2.75, 3.05) is 13.1 Å². The van der Waals surface area contributed by atoms with Gasteiger partial charge >= 0.3 is 24.3 Å². The summed E-state index contributed by atoms with van der Waals surface area (Å²) in [6.07, 6.45) is 0.367. The number of likely N-dealkylation sites (tertiary alicyclic amines) is 1. The smallest absolute Gasteiger partial charge is 0.480 e. The molecule has 1 saturated heterocycles. The lowest BCUT2D eigenvalue weighted by Crippen LogP contribution is -2.48. The molecule has 2 aromatic heterocycles. The van der Waals surface area contributed by atoms with E-state index in [9.17, 15) is 26.3 Å². The number of nitrogens with zero attached hydrogens (tertiary/aromatic N) is 4. The maximum absolute atomic E-state index is 10.6. The second kappa shape index (κ2) is 12.6. The maximum atomic E-state index is 10.6. The monoisotopic (exact) mass is 614 g/mol. The van der Waals surface area contributed by atoms with Crippen LogP contribution in [0.3, 0.4) is 0 Å². The highest BCUT2D eigenvalue weighted by molar-refractivity contribution is 5.73. The highest BCUT2D eigenvalue weighted by atomic mass is 19.4. The lowest BCUT2D eigenvalue weighted by Gasteiger charge is -2.44. The maximum Gasteiger partial charge on any atom is 0.490 e. The van der Waals surface area contributed by atoms with Crippen molar-refractivity contribution >= 4 is 11.9 Å². The van der Waals surface area contributed by atoms with Crippen LogP contribution >= 0.6 is 0 Å². The fraction of sp³-hybridized carbons (Fsp3) is 0.429. The van der Waals surface area contributed by atoms with Crippen LogP contribution in [0.2, 0.25) is 0 Å². The quantitative estimate of drug-likeness (QED) is 0.370. The zero-order valence-corrected chi connectivity index (χ0v) is 22.6. The van der Waals surface area contributed by atoms with Gasteiger partial charge in [-0.25, -0.2) is 14.6 Å². The second-order valence-electron chi connectivity index (χ2n) is 10.4. The number of piperidine rings is 1. The minimum absolute atomic E-state index is 0.263. The molecule has 2 aliphatic heterocycles. The van der Waals surface area contributed by atoms with E-state index in [0.717, 1.165) is 61.9 Å². The zero-order chi connectivity index (χ0) is 31.4. The first kappa shape index (κ1) is 31.8. The topological polar surface area (TPSA) is 118 Å². The molecule has 0 bridgehead atoms. The van der Waals surface area contributed by atoms with Crippen molar-refractivity contribution in [2.45, 2.75) is 56.7 Å². The van der Waals surface area contributed by atoms with E-state index in [1.807, 2.05) is 18.5 Å². The molecule has 1 aromatic carbocycles. The van der Waals surface area contributed by atoms with E-state index in [0.29, 0.717) is 0 Å². The molecule has 4 heterocycles. The van der Waals surface area contributed by atoms with Gasteiger partial charge in [0.05, 0.1) is 17.7 Å². The standard InChI is InChI=1S/C24H26N4O.2C2HF3O2/c1-2-6-21-20(5-1)22-23(28(17-26-22)16-18-7-8-18)24(29-21)9-12-27(13-10-24)15-19-4-3-11-25-14-19;2*3-2(4,5)1(6)7/h1-6,11,14,17-18H,7-10,12-13,15-16H2;2*(H,6,7). The summed E-state index contributed by atoms with van der Waals surface area (Å²) in [6, 6.07) is 12.6. The molecule has 9 nitrogen and oxygen atoms in total. The van der Waals surface area contributed by atoms with Crippen LogP contribution in [-0.4, -0.2) is 67.0 Å². The average Bonchev–Trinajstić information content (AvgIpc) is 3.66. The van der Waals surface area contributed by atoms with Gasteiger partial charge in [0.1, 0.15) is 5.75 Å². The Morgan fingerprint density at radius 1 is 0.953 bits per heavy atom. The molecule has 1 spiro atoms. The summed E-state index contributed by atoms with van der Waals surface area (Å²) in [5, 5.41) is 14.2. The number of fused-ring (bicyclic) bond motifs is 4. The van der Waals surface area contributed by atoms with Crippen LogP contribution in [0.25, 0.3) is 11.3 Å². The van der Waals surface area contributed by atoms with Gasteiger partial charge in [-0.3, -0.25) is 9.88 Å². The van der Waals surface area contributed by atoms with Crippen LogP contribution < -0.4 is 4.74 Å². The normalized spacial score (nSPS) is 17.3. The van der Waals surface area contributed by atoms with Crippen molar-refractivity contribution in [1.82, 2.24) is 19.4 Å². The fourth-order valence-corrected chi connectivity index (χ4v) is 4.95. The summed E-state index contributed by atoms with van der Waals surface area (Å²) in [7, 11) is 0. The number of hydrogen-bond acceptors (Lipinski definition) is 6. The number of carboxylic acids is 2. The van der Waals surface area contributed by atoms with E-state index in [1.54, 1.807) is 0 Å². The average molecular weight is 615 g/mol. The summed E-state index contributed by atoms with van der Waals surface area (Å²) < 4.78 is 72.7. The molecule has 43 heavy (non-hydrogen) atoms. The van der Waals surface area contributed by atoms with E-state index < -0.39 is 24.3 Å². The van der Waals surface area contributed by atoms with E-state index in [4.69, 9.17) is 29.5 Å². The van der Waals surface area contributed by atoms with Gasteiger partial charge in [-0.2, -0.15) is 26.3 Å². The number of alkyl halides is 6. The number of halogens is 6. The van der Waals surface area contributed by atoms with Crippen molar-refractivity contribution in [3.05, 3.63) is 66.4 Å². The highest BCUT2D eigenvalue weighted by Gasteiger charge is 2.47. The number of aliphatic carboxylic acids is 2. The minimum atomic E-state index is -5.08. The molecule has 15 heteroatoms. The Morgan fingerprint density at radius 3 is 2.09 bits per heavy atom. The van der Waals surface area contributed by atoms with Crippen molar-refractivity contribution in [3.63, 3.8) is 0 Å². The van der Waals surface area contributed by atoms with Gasteiger partial charge in [0.15, 0.2) is 5.60 Å². The van der Waals surface area contributed by atoms with Gasteiger partial charge in [-0.1, -0.05) is 18.2 Å². The molecule has 232 valence electrons. The van der Waals surface area contributed by atoms with Gasteiger partial charge < -0.3 is 19.5 Å². The Labute approximate surface area is 241 Å². The van der Waals surface area contributed by atoms with Crippen LogP contribution in [-0.2, 0) is 28.3 Å². The summed E-state index contributed by atoms with van der Waals surface area (Å²) in [5.41, 5.74) is 4.59. The zero-order valence-electron chi connectivity index (χ0n) is 22.6. The third kappa shape index (κ3) is 8.03. The summed E-state index contributed by atoms with van der Waals surface area (Å²) in [6.45, 7) is 4.07. The van der Waals surface area contributed by atoms with Crippen molar-refractivity contribution < 1.29 is 50.9 Å². The number of imidazole rings is 1. The Morgan fingerprint density at radius 2 is 1.56 bits per heavy atom. The Hall–Kier alpha value is -4.14. The molecule has 3 aromatic rings.